The van der Waals surface area contributed by atoms with Gasteiger partial charge < -0.3 is 0 Å². The fourth-order valence-electron chi connectivity index (χ4n) is 6.09. The third-order valence-electron chi connectivity index (χ3n) is 8.71. The van der Waals surface area contributed by atoms with Crippen molar-refractivity contribution in [2.24, 2.45) is 9.98 Å². The molecule has 0 fully saturated rings. The molecule has 0 aliphatic heterocycles. The van der Waals surface area contributed by atoms with Gasteiger partial charge in [-0.3, -0.25) is 0 Å². The molecule has 0 bridgehead atoms. The molecule has 49 heavy (non-hydrogen) atoms. The van der Waals surface area contributed by atoms with Crippen molar-refractivity contribution in [2.45, 2.75) is 6.92 Å². The average Bonchev–Trinajstić information content (AvgIpc) is 3.18. The summed E-state index contributed by atoms with van der Waals surface area (Å²) < 4.78 is 0. The standard InChI is InChI=1S/C46H33N3/c1-32(35-13-5-3-6-14-35)48-46(40-15-7-4-8-16-40)49-33(2)36-20-22-37(23-21-36)38-24-26-39(27-25-38)42-28-29-43(45-19-10-9-18-44(42)45)41-17-11-12-34(30-41)31-47/h3-30H,2H2,1H3/b48-32+,49-46-. The van der Waals surface area contributed by atoms with Gasteiger partial charge in [0.05, 0.1) is 17.3 Å². The molecular weight excluding hydrogens is 595 g/mol. The molecule has 7 rings (SSSR count). The molecule has 0 aromatic heterocycles. The van der Waals surface area contributed by atoms with Gasteiger partial charge in [0, 0.05) is 11.3 Å². The fraction of sp³-hybridized carbons (Fsp3) is 0.0217. The third kappa shape index (κ3) is 6.76. The summed E-state index contributed by atoms with van der Waals surface area (Å²) in [5, 5.41) is 11.8. The SMILES string of the molecule is C=C(/N=C(\N=C(/C)c1ccccc1)c1ccccc1)c1ccc(-c2ccc(-c3ccc(-c4cccc(C#N)c4)c4ccccc34)cc2)cc1. The normalized spacial score (nSPS) is 11.7. The van der Waals surface area contributed by atoms with E-state index in [0.29, 0.717) is 17.1 Å². The van der Waals surface area contributed by atoms with Crippen LogP contribution in [0.1, 0.15) is 29.2 Å². The zero-order valence-corrected chi connectivity index (χ0v) is 27.2. The van der Waals surface area contributed by atoms with Crippen LogP contribution in [0.2, 0.25) is 0 Å². The number of amidine groups is 1. The molecule has 0 aliphatic rings. The summed E-state index contributed by atoms with van der Waals surface area (Å²) in [5.74, 6) is 0.628. The topological polar surface area (TPSA) is 48.5 Å². The molecule has 3 nitrogen and oxygen atoms in total. The Labute approximate surface area is 287 Å². The van der Waals surface area contributed by atoms with E-state index in [4.69, 9.17) is 9.98 Å². The maximum Gasteiger partial charge on any atom is 0.160 e. The van der Waals surface area contributed by atoms with Crippen LogP contribution >= 0.6 is 0 Å². The van der Waals surface area contributed by atoms with Crippen LogP contribution in [-0.2, 0) is 0 Å². The van der Waals surface area contributed by atoms with Gasteiger partial charge in [-0.2, -0.15) is 5.26 Å². The highest BCUT2D eigenvalue weighted by molar-refractivity contribution is 6.12. The van der Waals surface area contributed by atoms with E-state index in [2.05, 4.69) is 116 Å². The number of aliphatic imine (C=N–C) groups is 2. The van der Waals surface area contributed by atoms with E-state index in [9.17, 15) is 5.26 Å². The van der Waals surface area contributed by atoms with Crippen LogP contribution < -0.4 is 0 Å². The Morgan fingerprint density at radius 2 is 1.02 bits per heavy atom. The first-order valence-corrected chi connectivity index (χ1v) is 16.2. The zero-order chi connectivity index (χ0) is 33.6. The molecule has 0 radical (unpaired) electrons. The Balaban J connectivity index is 1.15. The molecule has 0 amide bonds. The van der Waals surface area contributed by atoms with E-state index in [0.717, 1.165) is 55.6 Å². The van der Waals surface area contributed by atoms with Gasteiger partial charge in [0.1, 0.15) is 0 Å². The lowest BCUT2D eigenvalue weighted by molar-refractivity contribution is 1.44. The number of nitrogens with zero attached hydrogens (tertiary/aromatic N) is 3. The highest BCUT2D eigenvalue weighted by Crippen LogP contribution is 2.36. The van der Waals surface area contributed by atoms with Crippen LogP contribution in [0, 0.1) is 11.3 Å². The van der Waals surface area contributed by atoms with E-state index in [-0.39, 0.29) is 0 Å². The first-order chi connectivity index (χ1) is 24.1. The number of hydrogen-bond donors (Lipinski definition) is 0. The van der Waals surface area contributed by atoms with E-state index in [1.165, 1.54) is 10.9 Å². The summed E-state index contributed by atoms with van der Waals surface area (Å²) in [6.45, 7) is 6.31. The van der Waals surface area contributed by atoms with E-state index in [1.807, 2.05) is 73.7 Å². The molecule has 0 spiro atoms. The lowest BCUT2D eigenvalue weighted by Crippen LogP contribution is -2.04. The quantitative estimate of drug-likeness (QED) is 0.128. The second-order valence-electron chi connectivity index (χ2n) is 11.9. The van der Waals surface area contributed by atoms with Crippen molar-refractivity contribution in [2.75, 3.05) is 0 Å². The molecule has 0 heterocycles. The lowest BCUT2D eigenvalue weighted by Gasteiger charge is -2.13. The van der Waals surface area contributed by atoms with Crippen molar-refractivity contribution >= 4 is 28.0 Å². The maximum atomic E-state index is 9.42. The van der Waals surface area contributed by atoms with Crippen molar-refractivity contribution in [3.63, 3.8) is 0 Å². The van der Waals surface area contributed by atoms with E-state index >= 15 is 0 Å². The first-order valence-electron chi connectivity index (χ1n) is 16.2. The van der Waals surface area contributed by atoms with E-state index < -0.39 is 0 Å². The Kier molecular flexibility index (Phi) is 8.86. The van der Waals surface area contributed by atoms with Crippen molar-refractivity contribution in [1.82, 2.24) is 0 Å². The van der Waals surface area contributed by atoms with Gasteiger partial charge >= 0.3 is 0 Å². The molecule has 7 aromatic carbocycles. The second-order valence-corrected chi connectivity index (χ2v) is 11.9. The van der Waals surface area contributed by atoms with Gasteiger partial charge in [-0.1, -0.05) is 164 Å². The number of hydrogen-bond acceptors (Lipinski definition) is 2. The van der Waals surface area contributed by atoms with Gasteiger partial charge in [-0.15, -0.1) is 0 Å². The monoisotopic (exact) mass is 627 g/mol. The van der Waals surface area contributed by atoms with Gasteiger partial charge in [0.25, 0.3) is 0 Å². The Morgan fingerprint density at radius 3 is 1.63 bits per heavy atom. The first kappa shape index (κ1) is 31.0. The smallest absolute Gasteiger partial charge is 0.160 e. The molecule has 0 saturated heterocycles. The van der Waals surface area contributed by atoms with Crippen LogP contribution in [0.3, 0.4) is 0 Å². The minimum atomic E-state index is 0.628. The van der Waals surface area contributed by atoms with Crippen LogP contribution in [0.25, 0.3) is 49.9 Å². The van der Waals surface area contributed by atoms with Crippen molar-refractivity contribution in [3.8, 4) is 39.4 Å². The molecule has 7 aromatic rings. The molecule has 3 heteroatoms. The third-order valence-corrected chi connectivity index (χ3v) is 8.71. The highest BCUT2D eigenvalue weighted by Gasteiger charge is 2.11. The average molecular weight is 628 g/mol. The zero-order valence-electron chi connectivity index (χ0n) is 27.2. The summed E-state index contributed by atoms with van der Waals surface area (Å²) >= 11 is 0. The largest absolute Gasteiger partial charge is 0.233 e. The number of fused-ring (bicyclic) bond motifs is 1. The van der Waals surface area contributed by atoms with Gasteiger partial charge in [-0.05, 0) is 74.3 Å². The number of rotatable bonds is 7. The molecule has 0 unspecified atom stereocenters. The van der Waals surface area contributed by atoms with Crippen molar-refractivity contribution in [3.05, 3.63) is 199 Å². The van der Waals surface area contributed by atoms with Crippen LogP contribution in [0.4, 0.5) is 0 Å². The lowest BCUT2D eigenvalue weighted by atomic mass is 9.91. The fourth-order valence-corrected chi connectivity index (χ4v) is 6.09. The summed E-state index contributed by atoms with van der Waals surface area (Å²) in [5.41, 5.74) is 11.9. The minimum Gasteiger partial charge on any atom is -0.233 e. The highest BCUT2D eigenvalue weighted by atomic mass is 14.9. The van der Waals surface area contributed by atoms with Crippen LogP contribution in [0.15, 0.2) is 186 Å². The number of nitriles is 1. The Morgan fingerprint density at radius 1 is 0.490 bits per heavy atom. The van der Waals surface area contributed by atoms with Crippen LogP contribution in [-0.4, -0.2) is 11.5 Å². The Hall–Kier alpha value is -6.63. The van der Waals surface area contributed by atoms with Gasteiger partial charge in [-0.25, -0.2) is 9.98 Å². The predicted octanol–water partition coefficient (Wildman–Crippen LogP) is 11.6. The molecule has 0 aliphatic carbocycles. The van der Waals surface area contributed by atoms with Gasteiger partial charge in [0.2, 0.25) is 0 Å². The van der Waals surface area contributed by atoms with Crippen LogP contribution in [0.5, 0.6) is 0 Å². The molecule has 0 saturated carbocycles. The van der Waals surface area contributed by atoms with Gasteiger partial charge in [0.15, 0.2) is 5.84 Å². The molecule has 0 N–H and O–H groups in total. The maximum absolute atomic E-state index is 9.42. The van der Waals surface area contributed by atoms with Crippen molar-refractivity contribution < 1.29 is 0 Å². The minimum absolute atomic E-state index is 0.628. The summed E-state index contributed by atoms with van der Waals surface area (Å²) in [4.78, 5) is 9.83. The summed E-state index contributed by atoms with van der Waals surface area (Å²) in [7, 11) is 0. The predicted molar refractivity (Wildman–Crippen MR) is 206 cm³/mol. The van der Waals surface area contributed by atoms with E-state index in [1.54, 1.807) is 0 Å². The molecular formula is C46H33N3. The molecule has 232 valence electrons. The molecule has 0 atom stereocenters. The number of benzene rings is 7. The Bertz CT molecular complexity index is 2380. The summed E-state index contributed by atoms with van der Waals surface area (Å²) in [6.07, 6.45) is 0. The second kappa shape index (κ2) is 14.0. The summed E-state index contributed by atoms with van der Waals surface area (Å²) in [6, 6.07) is 60.1. The van der Waals surface area contributed by atoms with Crippen molar-refractivity contribution in [1.29, 1.82) is 5.26 Å².